The maximum Gasteiger partial charge on any atom is 0.251 e. The molecule has 1 amide bonds. The Kier molecular flexibility index (Phi) is 7.32. The van der Waals surface area contributed by atoms with Gasteiger partial charge in [0.05, 0.1) is 36.5 Å². The van der Waals surface area contributed by atoms with Gasteiger partial charge in [0.25, 0.3) is 5.91 Å². The van der Waals surface area contributed by atoms with Crippen LogP contribution < -0.4 is 10.1 Å². The number of pyridine rings is 1. The van der Waals surface area contributed by atoms with Gasteiger partial charge in [-0.15, -0.1) is 0 Å². The lowest BCUT2D eigenvalue weighted by molar-refractivity contribution is 0.0951. The summed E-state index contributed by atoms with van der Waals surface area (Å²) < 4.78 is 6.98. The van der Waals surface area contributed by atoms with Crippen molar-refractivity contribution in [1.29, 1.82) is 5.26 Å². The predicted octanol–water partition coefficient (Wildman–Crippen LogP) is 5.41. The van der Waals surface area contributed by atoms with Crippen molar-refractivity contribution >= 4 is 51.1 Å². The molecule has 3 aromatic carbocycles. The van der Waals surface area contributed by atoms with E-state index in [1.54, 1.807) is 55.8 Å². The van der Waals surface area contributed by atoms with E-state index in [0.717, 1.165) is 33.1 Å². The highest BCUT2D eigenvalue weighted by atomic mass is 35.5. The number of nitrogens with one attached hydrogen (secondary N) is 2. The first kappa shape index (κ1) is 26.7. The van der Waals surface area contributed by atoms with Crippen LogP contribution >= 0.6 is 11.6 Å². The van der Waals surface area contributed by atoms with E-state index >= 15 is 0 Å². The minimum atomic E-state index is -0.258. The molecule has 0 unspecified atom stereocenters. The number of hydrogen-bond donors (Lipinski definition) is 2. The highest BCUT2D eigenvalue weighted by molar-refractivity contribution is 6.31. The average Bonchev–Trinajstić information content (AvgIpc) is 3.62. The fourth-order valence-corrected chi connectivity index (χ4v) is 4.79. The van der Waals surface area contributed by atoms with Crippen LogP contribution in [-0.2, 0) is 13.1 Å². The average molecular weight is 575 g/mol. The molecular weight excluding hydrogens is 552 g/mol. The largest absolute Gasteiger partial charge is 0.481 e. The third kappa shape index (κ3) is 5.54. The Balaban J connectivity index is 1.26. The summed E-state index contributed by atoms with van der Waals surface area (Å²) in [7, 11) is 1.57. The Hall–Kier alpha value is -5.53. The summed E-state index contributed by atoms with van der Waals surface area (Å²) in [5.41, 5.74) is 6.14. The molecule has 6 rings (SSSR count). The maximum absolute atomic E-state index is 13.0. The molecule has 0 aliphatic carbocycles. The zero-order valence-electron chi connectivity index (χ0n) is 22.4. The van der Waals surface area contributed by atoms with Crippen LogP contribution in [0.25, 0.3) is 33.6 Å². The first-order valence-electron chi connectivity index (χ1n) is 13.0. The van der Waals surface area contributed by atoms with Gasteiger partial charge < -0.3 is 10.1 Å². The molecule has 0 saturated heterocycles. The highest BCUT2D eigenvalue weighted by Gasteiger charge is 2.14. The number of amides is 1. The second-order valence-corrected chi connectivity index (χ2v) is 9.93. The van der Waals surface area contributed by atoms with E-state index in [4.69, 9.17) is 21.4 Å². The molecule has 0 radical (unpaired) electrons. The van der Waals surface area contributed by atoms with Crippen molar-refractivity contribution in [2.24, 2.45) is 0 Å². The lowest BCUT2D eigenvalue weighted by Crippen LogP contribution is -2.22. The summed E-state index contributed by atoms with van der Waals surface area (Å²) in [4.78, 5) is 17.3. The number of aromatic nitrogens is 6. The fourth-order valence-electron chi connectivity index (χ4n) is 4.62. The van der Waals surface area contributed by atoms with Crippen molar-refractivity contribution in [3.05, 3.63) is 112 Å². The number of nitriles is 1. The van der Waals surface area contributed by atoms with Crippen LogP contribution in [0.15, 0.2) is 79.0 Å². The van der Waals surface area contributed by atoms with Crippen LogP contribution in [0.1, 0.15) is 32.7 Å². The number of methoxy groups -OCH3 is 1. The number of allylic oxidation sites excluding steroid dienone is 1. The molecule has 0 aliphatic rings. The number of H-pyrrole nitrogens is 1. The third-order valence-corrected chi connectivity index (χ3v) is 6.99. The summed E-state index contributed by atoms with van der Waals surface area (Å²) in [6, 6.07) is 24.1. The van der Waals surface area contributed by atoms with Crippen LogP contribution in [0.2, 0.25) is 5.02 Å². The van der Waals surface area contributed by atoms with Gasteiger partial charge in [-0.3, -0.25) is 9.48 Å². The van der Waals surface area contributed by atoms with Crippen LogP contribution in [0.3, 0.4) is 0 Å². The SMILES string of the molecule is COc1ccc(Cn2nc(/C=C(\C#N)c3cccc(C(=O)NCc4ccc5n[nH]nc5c4)c3)c3ccc(Cl)cc32)cn1. The topological polar surface area (TPSA) is 134 Å². The number of fused-ring (bicyclic) bond motifs is 2. The standard InChI is InChI=1S/C31H23ClN8O2/c1-42-30-10-6-20(17-34-30)18-40-29-14-24(32)7-8-25(29)27(38-40)13-23(15-33)21-3-2-4-22(12-21)31(41)35-16-19-5-9-26-28(11-19)37-39-36-26/h2-14,17H,16,18H2,1H3,(H,35,41)(H,36,37,39)/b23-13+. The van der Waals surface area contributed by atoms with Gasteiger partial charge in [-0.05, 0) is 65.2 Å². The van der Waals surface area contributed by atoms with Crippen molar-refractivity contribution in [2.45, 2.75) is 13.1 Å². The summed E-state index contributed by atoms with van der Waals surface area (Å²) in [6.45, 7) is 0.769. The van der Waals surface area contributed by atoms with E-state index in [1.165, 1.54) is 0 Å². The molecule has 3 heterocycles. The van der Waals surface area contributed by atoms with Crippen molar-refractivity contribution in [2.75, 3.05) is 7.11 Å². The van der Waals surface area contributed by atoms with Gasteiger partial charge in [0.15, 0.2) is 0 Å². The lowest BCUT2D eigenvalue weighted by atomic mass is 10.0. The number of hydrogen-bond acceptors (Lipinski definition) is 7. The van der Waals surface area contributed by atoms with Gasteiger partial charge in [-0.2, -0.15) is 25.8 Å². The van der Waals surface area contributed by atoms with Crippen LogP contribution in [-0.4, -0.2) is 43.2 Å². The third-order valence-electron chi connectivity index (χ3n) is 6.75. The molecule has 42 heavy (non-hydrogen) atoms. The molecule has 3 aromatic heterocycles. The first-order chi connectivity index (χ1) is 20.5. The molecule has 206 valence electrons. The molecule has 0 bridgehead atoms. The Bertz CT molecular complexity index is 2000. The molecule has 0 saturated carbocycles. The molecule has 10 nitrogen and oxygen atoms in total. The van der Waals surface area contributed by atoms with Gasteiger partial charge >= 0.3 is 0 Å². The number of carbonyl (C=O) groups excluding carboxylic acids is 1. The zero-order chi connectivity index (χ0) is 29.1. The van der Waals surface area contributed by atoms with Gasteiger partial charge in [0.1, 0.15) is 11.0 Å². The highest BCUT2D eigenvalue weighted by Crippen LogP contribution is 2.27. The summed E-state index contributed by atoms with van der Waals surface area (Å²) >= 11 is 6.32. The summed E-state index contributed by atoms with van der Waals surface area (Å²) in [5.74, 6) is 0.269. The second kappa shape index (κ2) is 11.5. The Morgan fingerprint density at radius 1 is 1.05 bits per heavy atom. The monoisotopic (exact) mass is 574 g/mol. The molecule has 2 N–H and O–H groups in total. The molecule has 0 fully saturated rings. The molecular formula is C31H23ClN8O2. The smallest absolute Gasteiger partial charge is 0.251 e. The fraction of sp³-hybridized carbons (Fsp3) is 0.0968. The summed E-state index contributed by atoms with van der Waals surface area (Å²) in [5, 5.41) is 29.9. The number of benzene rings is 3. The van der Waals surface area contributed by atoms with E-state index in [-0.39, 0.29) is 5.91 Å². The minimum Gasteiger partial charge on any atom is -0.481 e. The maximum atomic E-state index is 13.0. The zero-order valence-corrected chi connectivity index (χ0v) is 23.1. The number of rotatable bonds is 8. The van der Waals surface area contributed by atoms with Gasteiger partial charge in [0.2, 0.25) is 5.88 Å². The molecule has 0 aliphatic heterocycles. The quantitative estimate of drug-likeness (QED) is 0.232. The van der Waals surface area contributed by atoms with Crippen molar-refractivity contribution in [1.82, 2.24) is 35.5 Å². The van der Waals surface area contributed by atoms with E-state index in [9.17, 15) is 10.1 Å². The van der Waals surface area contributed by atoms with Crippen molar-refractivity contribution < 1.29 is 9.53 Å². The number of nitrogens with zero attached hydrogens (tertiary/aromatic N) is 6. The Morgan fingerprint density at radius 2 is 1.88 bits per heavy atom. The normalized spacial score (nSPS) is 11.5. The molecule has 0 atom stereocenters. The number of aromatic amines is 1. The first-order valence-corrected chi connectivity index (χ1v) is 13.3. The number of carbonyl (C=O) groups is 1. The van der Waals surface area contributed by atoms with Crippen LogP contribution in [0.4, 0.5) is 0 Å². The van der Waals surface area contributed by atoms with E-state index in [2.05, 4.69) is 31.8 Å². The molecule has 11 heteroatoms. The van der Waals surface area contributed by atoms with Crippen LogP contribution in [0.5, 0.6) is 5.88 Å². The minimum absolute atomic E-state index is 0.258. The van der Waals surface area contributed by atoms with Crippen molar-refractivity contribution in [3.63, 3.8) is 0 Å². The van der Waals surface area contributed by atoms with E-state index in [0.29, 0.717) is 46.4 Å². The van der Waals surface area contributed by atoms with Crippen molar-refractivity contribution in [3.8, 4) is 11.9 Å². The van der Waals surface area contributed by atoms with Crippen LogP contribution in [0, 0.1) is 11.3 Å². The lowest BCUT2D eigenvalue weighted by Gasteiger charge is -2.07. The molecule has 0 spiro atoms. The Labute approximate surface area is 245 Å². The summed E-state index contributed by atoms with van der Waals surface area (Å²) in [6.07, 6.45) is 3.46. The van der Waals surface area contributed by atoms with E-state index in [1.807, 2.05) is 41.1 Å². The second-order valence-electron chi connectivity index (χ2n) is 9.49. The number of ether oxygens (including phenoxy) is 1. The Morgan fingerprint density at radius 3 is 2.69 bits per heavy atom. The predicted molar refractivity (Wildman–Crippen MR) is 160 cm³/mol. The van der Waals surface area contributed by atoms with Gasteiger partial charge in [0, 0.05) is 34.8 Å². The van der Waals surface area contributed by atoms with Gasteiger partial charge in [-0.25, -0.2) is 4.98 Å². The number of halogens is 1. The molecule has 6 aromatic rings. The van der Waals surface area contributed by atoms with E-state index < -0.39 is 0 Å². The van der Waals surface area contributed by atoms with Gasteiger partial charge in [-0.1, -0.05) is 35.9 Å².